The van der Waals surface area contributed by atoms with Crippen molar-refractivity contribution in [1.82, 2.24) is 14.6 Å². The Morgan fingerprint density at radius 2 is 1.57 bits per heavy atom. The maximum absolute atomic E-state index is 12.8. The molecule has 7 heteroatoms. The average molecular weight is 398 g/mol. The first-order valence-electron chi connectivity index (χ1n) is 10.0. The van der Waals surface area contributed by atoms with Crippen LogP contribution in [0.25, 0.3) is 5.65 Å². The predicted molar refractivity (Wildman–Crippen MR) is 118 cm³/mol. The highest BCUT2D eigenvalue weighted by atomic mass is 16.1. The average Bonchev–Trinajstić information content (AvgIpc) is 3.28. The van der Waals surface area contributed by atoms with Crippen molar-refractivity contribution in [3.8, 4) is 0 Å². The van der Waals surface area contributed by atoms with Gasteiger partial charge < -0.3 is 15.1 Å². The number of hydrogen-bond acceptors (Lipinski definition) is 5. The third-order valence-electron chi connectivity index (χ3n) is 5.38. The maximum Gasteiger partial charge on any atom is 0.274 e. The molecule has 0 aliphatic carbocycles. The maximum atomic E-state index is 12.8. The Bertz CT molecular complexity index is 1160. The fourth-order valence-electron chi connectivity index (χ4n) is 3.82. The molecular formula is C23H22N6O. The van der Waals surface area contributed by atoms with Crippen molar-refractivity contribution in [2.75, 3.05) is 41.3 Å². The normalized spacial score (nSPS) is 14.1. The number of nitrogens with one attached hydrogen (secondary N) is 1. The zero-order valence-electron chi connectivity index (χ0n) is 16.5. The van der Waals surface area contributed by atoms with E-state index in [9.17, 15) is 4.79 Å². The fourth-order valence-corrected chi connectivity index (χ4v) is 3.82. The number of para-hydroxylation sites is 3. The van der Waals surface area contributed by atoms with E-state index in [0.29, 0.717) is 11.3 Å². The standard InChI is InChI=1S/C23H22N6O/c30-23(20-11-13-29-22(25-20)10-12-24-29)26-19-8-4-5-9-21(19)28-16-14-27(15-17-28)18-6-2-1-3-7-18/h1-13H,14-17H2,(H,26,30). The van der Waals surface area contributed by atoms with Gasteiger partial charge in [-0.2, -0.15) is 5.10 Å². The number of rotatable bonds is 4. The molecule has 0 radical (unpaired) electrons. The highest BCUT2D eigenvalue weighted by Crippen LogP contribution is 2.28. The van der Waals surface area contributed by atoms with Crippen LogP contribution in [0.5, 0.6) is 0 Å². The SMILES string of the molecule is O=C(Nc1ccccc1N1CCN(c2ccccc2)CC1)c1ccn2nccc2n1. The van der Waals surface area contributed by atoms with E-state index >= 15 is 0 Å². The van der Waals surface area contributed by atoms with Gasteiger partial charge in [-0.05, 0) is 30.3 Å². The van der Waals surface area contributed by atoms with Gasteiger partial charge >= 0.3 is 0 Å². The largest absolute Gasteiger partial charge is 0.368 e. The Balaban J connectivity index is 1.31. The van der Waals surface area contributed by atoms with Gasteiger partial charge in [-0.1, -0.05) is 30.3 Å². The second-order valence-electron chi connectivity index (χ2n) is 7.23. The first kappa shape index (κ1) is 18.2. The first-order valence-corrected chi connectivity index (χ1v) is 10.0. The van der Waals surface area contributed by atoms with E-state index < -0.39 is 0 Å². The van der Waals surface area contributed by atoms with Crippen LogP contribution in [0.1, 0.15) is 10.5 Å². The lowest BCUT2D eigenvalue weighted by atomic mass is 10.2. The highest BCUT2D eigenvalue weighted by molar-refractivity contribution is 6.04. The molecule has 1 aliphatic rings. The van der Waals surface area contributed by atoms with Gasteiger partial charge in [0.15, 0.2) is 5.65 Å². The lowest BCUT2D eigenvalue weighted by Crippen LogP contribution is -2.46. The molecule has 0 saturated carbocycles. The summed E-state index contributed by atoms with van der Waals surface area (Å²) < 4.78 is 1.64. The molecule has 1 N–H and O–H groups in total. The Morgan fingerprint density at radius 3 is 2.40 bits per heavy atom. The smallest absolute Gasteiger partial charge is 0.274 e. The third-order valence-corrected chi connectivity index (χ3v) is 5.38. The minimum absolute atomic E-state index is 0.228. The number of amides is 1. The zero-order valence-corrected chi connectivity index (χ0v) is 16.5. The van der Waals surface area contributed by atoms with Crippen LogP contribution in [0.15, 0.2) is 79.1 Å². The van der Waals surface area contributed by atoms with Crippen molar-refractivity contribution in [2.24, 2.45) is 0 Å². The lowest BCUT2D eigenvalue weighted by molar-refractivity contribution is 0.102. The third kappa shape index (κ3) is 3.57. The molecule has 3 heterocycles. The van der Waals surface area contributed by atoms with E-state index in [4.69, 9.17) is 0 Å². The summed E-state index contributed by atoms with van der Waals surface area (Å²) in [6.45, 7) is 3.65. The van der Waals surface area contributed by atoms with Crippen molar-refractivity contribution in [1.29, 1.82) is 0 Å². The molecule has 1 fully saturated rings. The number of carbonyl (C=O) groups is 1. The Kier molecular flexibility index (Phi) is 4.77. The summed E-state index contributed by atoms with van der Waals surface area (Å²) in [6, 6.07) is 21.9. The molecular weight excluding hydrogens is 376 g/mol. The topological polar surface area (TPSA) is 65.8 Å². The van der Waals surface area contributed by atoms with Crippen LogP contribution >= 0.6 is 0 Å². The van der Waals surface area contributed by atoms with Crippen LogP contribution in [-0.4, -0.2) is 46.7 Å². The van der Waals surface area contributed by atoms with E-state index in [1.165, 1.54) is 5.69 Å². The molecule has 2 aromatic heterocycles. The Morgan fingerprint density at radius 1 is 0.833 bits per heavy atom. The minimum Gasteiger partial charge on any atom is -0.368 e. The molecule has 150 valence electrons. The second kappa shape index (κ2) is 7.87. The number of carbonyl (C=O) groups excluding carboxylic acids is 1. The van der Waals surface area contributed by atoms with Crippen molar-refractivity contribution in [3.63, 3.8) is 0 Å². The van der Waals surface area contributed by atoms with E-state index in [0.717, 1.165) is 37.6 Å². The van der Waals surface area contributed by atoms with E-state index in [2.05, 4.69) is 55.5 Å². The first-order chi connectivity index (χ1) is 14.8. The van der Waals surface area contributed by atoms with Gasteiger partial charge in [0.2, 0.25) is 0 Å². The van der Waals surface area contributed by atoms with Crippen molar-refractivity contribution in [2.45, 2.75) is 0 Å². The van der Waals surface area contributed by atoms with Crippen molar-refractivity contribution >= 4 is 28.6 Å². The number of benzene rings is 2. The van der Waals surface area contributed by atoms with Gasteiger partial charge in [-0.15, -0.1) is 0 Å². The van der Waals surface area contributed by atoms with Gasteiger partial charge in [0.05, 0.1) is 17.6 Å². The van der Waals surface area contributed by atoms with Gasteiger partial charge in [0.25, 0.3) is 5.91 Å². The van der Waals surface area contributed by atoms with Crippen molar-refractivity contribution in [3.05, 3.63) is 84.8 Å². The van der Waals surface area contributed by atoms with Crippen LogP contribution in [0, 0.1) is 0 Å². The van der Waals surface area contributed by atoms with Gasteiger partial charge in [0, 0.05) is 44.1 Å². The molecule has 7 nitrogen and oxygen atoms in total. The summed E-state index contributed by atoms with van der Waals surface area (Å²) in [6.07, 6.45) is 3.40. The van der Waals surface area contributed by atoms with E-state index in [1.54, 1.807) is 29.0 Å². The highest BCUT2D eigenvalue weighted by Gasteiger charge is 2.20. The summed E-state index contributed by atoms with van der Waals surface area (Å²) in [7, 11) is 0. The van der Waals surface area contributed by atoms with Crippen LogP contribution in [0.3, 0.4) is 0 Å². The molecule has 2 aromatic carbocycles. The Labute approximate surface area is 174 Å². The molecule has 1 saturated heterocycles. The van der Waals surface area contributed by atoms with Crippen LogP contribution < -0.4 is 15.1 Å². The molecule has 0 spiro atoms. The van der Waals surface area contributed by atoms with E-state index in [1.807, 2.05) is 24.3 Å². The van der Waals surface area contributed by atoms with Gasteiger partial charge in [0.1, 0.15) is 5.69 Å². The molecule has 0 atom stereocenters. The summed E-state index contributed by atoms with van der Waals surface area (Å²) in [5, 5.41) is 7.16. The molecule has 1 aliphatic heterocycles. The Hall–Kier alpha value is -3.87. The number of anilines is 3. The molecule has 30 heavy (non-hydrogen) atoms. The number of piperazine rings is 1. The van der Waals surface area contributed by atoms with Gasteiger partial charge in [-0.25, -0.2) is 9.50 Å². The number of hydrogen-bond donors (Lipinski definition) is 1. The lowest BCUT2D eigenvalue weighted by Gasteiger charge is -2.38. The van der Waals surface area contributed by atoms with Crippen molar-refractivity contribution < 1.29 is 4.79 Å². The quantitative estimate of drug-likeness (QED) is 0.571. The summed E-state index contributed by atoms with van der Waals surface area (Å²) in [5.41, 5.74) is 4.09. The molecule has 1 amide bonds. The van der Waals surface area contributed by atoms with Crippen LogP contribution in [0.4, 0.5) is 17.1 Å². The molecule has 4 aromatic rings. The number of nitrogens with zero attached hydrogens (tertiary/aromatic N) is 5. The monoisotopic (exact) mass is 398 g/mol. The van der Waals surface area contributed by atoms with Crippen LogP contribution in [-0.2, 0) is 0 Å². The number of fused-ring (bicyclic) bond motifs is 1. The van der Waals surface area contributed by atoms with E-state index in [-0.39, 0.29) is 5.91 Å². The predicted octanol–water partition coefficient (Wildman–Crippen LogP) is 3.31. The number of aromatic nitrogens is 3. The minimum atomic E-state index is -0.228. The molecule has 0 unspecified atom stereocenters. The summed E-state index contributed by atoms with van der Waals surface area (Å²) in [4.78, 5) is 21.9. The fraction of sp³-hybridized carbons (Fsp3) is 0.174. The van der Waals surface area contributed by atoms with Gasteiger partial charge in [-0.3, -0.25) is 4.79 Å². The molecule has 5 rings (SSSR count). The zero-order chi connectivity index (χ0) is 20.3. The summed E-state index contributed by atoms with van der Waals surface area (Å²) >= 11 is 0. The molecule has 0 bridgehead atoms. The van der Waals surface area contributed by atoms with Crippen LogP contribution in [0.2, 0.25) is 0 Å². The second-order valence-corrected chi connectivity index (χ2v) is 7.23. The summed E-state index contributed by atoms with van der Waals surface area (Å²) in [5.74, 6) is -0.228.